The number of aromatic nitrogens is 1. The van der Waals surface area contributed by atoms with Crippen molar-refractivity contribution in [2.45, 2.75) is 51.3 Å². The van der Waals surface area contributed by atoms with E-state index in [1.165, 1.54) is 6.42 Å². The van der Waals surface area contributed by atoms with Crippen LogP contribution in [0.25, 0.3) is 0 Å². The van der Waals surface area contributed by atoms with E-state index in [0.717, 1.165) is 30.7 Å². The van der Waals surface area contributed by atoms with Gasteiger partial charge in [0.2, 0.25) is 0 Å². The first-order valence-electron chi connectivity index (χ1n) is 5.59. The number of aliphatic hydroxyl groups excluding tert-OH is 1. The number of rotatable bonds is 3. The molecule has 1 aliphatic rings. The first-order valence-corrected chi connectivity index (χ1v) is 5.59. The summed E-state index contributed by atoms with van der Waals surface area (Å²) in [5, 5.41) is 17.0. The van der Waals surface area contributed by atoms with E-state index in [9.17, 15) is 5.11 Å². The molecule has 1 fully saturated rings. The second-order valence-electron chi connectivity index (χ2n) is 4.27. The molecule has 0 saturated heterocycles. The number of hydrogen-bond donors (Lipinski definition) is 2. The van der Waals surface area contributed by atoms with Crippen LogP contribution in [-0.4, -0.2) is 22.4 Å². The Hall–Kier alpha value is -0.870. The van der Waals surface area contributed by atoms with Crippen molar-refractivity contribution in [1.29, 1.82) is 0 Å². The average molecular weight is 210 g/mol. The summed E-state index contributed by atoms with van der Waals surface area (Å²) in [5.41, 5.74) is 0.908. The van der Waals surface area contributed by atoms with Gasteiger partial charge in [-0.2, -0.15) is 0 Å². The fraction of sp³-hybridized carbons (Fsp3) is 0.727. The van der Waals surface area contributed by atoms with Gasteiger partial charge in [0.1, 0.15) is 5.76 Å². The molecule has 1 aliphatic carbocycles. The maximum absolute atomic E-state index is 9.75. The number of aryl methyl sites for hydroxylation is 1. The highest BCUT2D eigenvalue weighted by Crippen LogP contribution is 2.18. The van der Waals surface area contributed by atoms with Crippen LogP contribution in [-0.2, 0) is 6.54 Å². The van der Waals surface area contributed by atoms with Crippen molar-refractivity contribution in [2.24, 2.45) is 0 Å². The molecule has 1 heterocycles. The smallest absolute Gasteiger partial charge is 0.133 e. The van der Waals surface area contributed by atoms with Crippen molar-refractivity contribution in [3.8, 4) is 0 Å². The van der Waals surface area contributed by atoms with Gasteiger partial charge in [-0.1, -0.05) is 18.0 Å². The molecule has 4 heteroatoms. The lowest BCUT2D eigenvalue weighted by Crippen LogP contribution is -2.41. The Balaban J connectivity index is 1.81. The van der Waals surface area contributed by atoms with Gasteiger partial charge in [-0.25, -0.2) is 0 Å². The first kappa shape index (κ1) is 10.6. The topological polar surface area (TPSA) is 58.3 Å². The highest BCUT2D eigenvalue weighted by atomic mass is 16.5. The minimum absolute atomic E-state index is 0.202. The second-order valence-corrected chi connectivity index (χ2v) is 4.27. The van der Waals surface area contributed by atoms with Crippen LogP contribution in [0.3, 0.4) is 0 Å². The van der Waals surface area contributed by atoms with Crippen molar-refractivity contribution < 1.29 is 9.63 Å². The third-order valence-electron chi connectivity index (χ3n) is 2.95. The fourth-order valence-corrected chi connectivity index (χ4v) is 2.09. The molecule has 2 rings (SSSR count). The molecule has 2 unspecified atom stereocenters. The molecule has 2 atom stereocenters. The van der Waals surface area contributed by atoms with E-state index in [0.29, 0.717) is 6.54 Å². The zero-order valence-electron chi connectivity index (χ0n) is 9.07. The van der Waals surface area contributed by atoms with Gasteiger partial charge in [-0.15, -0.1) is 0 Å². The molecule has 84 valence electrons. The largest absolute Gasteiger partial charge is 0.392 e. The van der Waals surface area contributed by atoms with Gasteiger partial charge >= 0.3 is 0 Å². The van der Waals surface area contributed by atoms with Crippen LogP contribution in [0.4, 0.5) is 0 Å². The Morgan fingerprint density at radius 1 is 1.53 bits per heavy atom. The maximum Gasteiger partial charge on any atom is 0.133 e. The molecule has 0 spiro atoms. The van der Waals surface area contributed by atoms with E-state index in [-0.39, 0.29) is 12.1 Å². The molecule has 0 aromatic carbocycles. The summed E-state index contributed by atoms with van der Waals surface area (Å²) in [4.78, 5) is 0. The van der Waals surface area contributed by atoms with E-state index in [1.54, 1.807) is 0 Å². The van der Waals surface area contributed by atoms with Crippen LogP contribution in [0.5, 0.6) is 0 Å². The standard InChI is InChI=1S/C11H18N2O2/c1-8-6-9(13-15-8)7-12-10-4-2-3-5-11(10)14/h6,10-12,14H,2-5,7H2,1H3. The molecular formula is C11H18N2O2. The predicted molar refractivity (Wildman–Crippen MR) is 56.3 cm³/mol. The Bertz CT molecular complexity index is 311. The molecule has 15 heavy (non-hydrogen) atoms. The van der Waals surface area contributed by atoms with Crippen LogP contribution in [0.1, 0.15) is 37.1 Å². The quantitative estimate of drug-likeness (QED) is 0.791. The zero-order chi connectivity index (χ0) is 10.7. The fourth-order valence-electron chi connectivity index (χ4n) is 2.09. The molecule has 0 aliphatic heterocycles. The summed E-state index contributed by atoms with van der Waals surface area (Å²) in [6.07, 6.45) is 4.11. The molecule has 1 saturated carbocycles. The van der Waals surface area contributed by atoms with Crippen molar-refractivity contribution in [3.63, 3.8) is 0 Å². The summed E-state index contributed by atoms with van der Waals surface area (Å²) in [6.45, 7) is 2.56. The number of nitrogens with zero attached hydrogens (tertiary/aromatic N) is 1. The Morgan fingerprint density at radius 3 is 3.00 bits per heavy atom. The van der Waals surface area contributed by atoms with Crippen molar-refractivity contribution in [1.82, 2.24) is 10.5 Å². The summed E-state index contributed by atoms with van der Waals surface area (Å²) >= 11 is 0. The van der Waals surface area contributed by atoms with Crippen molar-refractivity contribution >= 4 is 0 Å². The highest BCUT2D eigenvalue weighted by molar-refractivity contribution is 5.03. The number of aliphatic hydroxyl groups is 1. The predicted octanol–water partition coefficient (Wildman–Crippen LogP) is 1.38. The SMILES string of the molecule is Cc1cc(CNC2CCCCC2O)no1. The molecule has 1 aromatic heterocycles. The molecule has 0 radical (unpaired) electrons. The van der Waals surface area contributed by atoms with E-state index < -0.39 is 0 Å². The van der Waals surface area contributed by atoms with Crippen molar-refractivity contribution in [3.05, 3.63) is 17.5 Å². The Morgan fingerprint density at radius 2 is 2.33 bits per heavy atom. The summed E-state index contributed by atoms with van der Waals surface area (Å²) < 4.78 is 4.98. The minimum Gasteiger partial charge on any atom is -0.392 e. The van der Waals surface area contributed by atoms with Crippen LogP contribution in [0.2, 0.25) is 0 Å². The maximum atomic E-state index is 9.75. The van der Waals surface area contributed by atoms with E-state index in [1.807, 2.05) is 13.0 Å². The van der Waals surface area contributed by atoms with Crippen LogP contribution in [0, 0.1) is 6.92 Å². The lowest BCUT2D eigenvalue weighted by atomic mass is 9.92. The molecule has 4 nitrogen and oxygen atoms in total. The van der Waals surface area contributed by atoms with Crippen LogP contribution < -0.4 is 5.32 Å². The number of nitrogens with one attached hydrogen (secondary N) is 1. The lowest BCUT2D eigenvalue weighted by Gasteiger charge is -2.28. The van der Waals surface area contributed by atoms with Gasteiger partial charge in [-0.05, 0) is 19.8 Å². The van der Waals surface area contributed by atoms with Gasteiger partial charge in [0.15, 0.2) is 0 Å². The second kappa shape index (κ2) is 4.77. The lowest BCUT2D eigenvalue weighted by molar-refractivity contribution is 0.0899. The van der Waals surface area contributed by atoms with Gasteiger partial charge < -0.3 is 14.9 Å². The van der Waals surface area contributed by atoms with E-state index in [4.69, 9.17) is 4.52 Å². The van der Waals surface area contributed by atoms with Gasteiger partial charge in [0.25, 0.3) is 0 Å². The van der Waals surface area contributed by atoms with Crippen LogP contribution in [0.15, 0.2) is 10.6 Å². The minimum atomic E-state index is -0.202. The zero-order valence-corrected chi connectivity index (χ0v) is 9.07. The van der Waals surface area contributed by atoms with Crippen LogP contribution >= 0.6 is 0 Å². The van der Waals surface area contributed by atoms with Crippen molar-refractivity contribution in [2.75, 3.05) is 0 Å². The van der Waals surface area contributed by atoms with E-state index >= 15 is 0 Å². The summed E-state index contributed by atoms with van der Waals surface area (Å²) in [5.74, 6) is 0.830. The molecule has 2 N–H and O–H groups in total. The molecule has 1 aromatic rings. The third kappa shape index (κ3) is 2.79. The third-order valence-corrected chi connectivity index (χ3v) is 2.95. The molecular weight excluding hydrogens is 192 g/mol. The number of hydrogen-bond acceptors (Lipinski definition) is 4. The monoisotopic (exact) mass is 210 g/mol. The summed E-state index contributed by atoms with van der Waals surface area (Å²) in [6, 6.07) is 2.14. The van der Waals surface area contributed by atoms with Gasteiger partial charge in [0.05, 0.1) is 11.8 Å². The average Bonchev–Trinajstić information content (AvgIpc) is 2.63. The highest BCUT2D eigenvalue weighted by Gasteiger charge is 2.22. The first-order chi connectivity index (χ1) is 7.25. The van der Waals surface area contributed by atoms with E-state index in [2.05, 4.69) is 10.5 Å². The van der Waals surface area contributed by atoms with Gasteiger partial charge in [-0.3, -0.25) is 0 Å². The summed E-state index contributed by atoms with van der Waals surface area (Å²) in [7, 11) is 0. The molecule has 0 amide bonds. The Labute approximate surface area is 89.7 Å². The van der Waals surface area contributed by atoms with Gasteiger partial charge in [0, 0.05) is 18.7 Å². The molecule has 0 bridgehead atoms. The normalized spacial score (nSPS) is 26.8. The Kier molecular flexibility index (Phi) is 3.38.